The summed E-state index contributed by atoms with van der Waals surface area (Å²) >= 11 is 0. The summed E-state index contributed by atoms with van der Waals surface area (Å²) in [5.41, 5.74) is -1.09. The number of epoxide rings is 1. The molecule has 1 spiro atoms. The molecule has 2 aliphatic heterocycles. The molecule has 1 aromatic carbocycles. The number of ether oxygens (including phenoxy) is 3. The van der Waals surface area contributed by atoms with Gasteiger partial charge in [0.2, 0.25) is 0 Å². The average Bonchev–Trinajstić information content (AvgIpc) is 3.53. The van der Waals surface area contributed by atoms with Gasteiger partial charge in [-0.2, -0.15) is 0 Å². The van der Waals surface area contributed by atoms with Crippen molar-refractivity contribution >= 4 is 5.78 Å². The highest BCUT2D eigenvalue weighted by molar-refractivity contribution is 6.01. The van der Waals surface area contributed by atoms with E-state index in [2.05, 4.69) is 0 Å². The molecule has 7 unspecified atom stereocenters. The molecule has 7 atom stereocenters. The molecule has 0 aliphatic carbocycles. The van der Waals surface area contributed by atoms with Crippen LogP contribution in [0, 0.1) is 11.8 Å². The SMILES string of the molecule is CCCC(C(=O)c1cc(C(OC)C(C)C)c(O)c(CO)c1O)C1CC(O)C2(OC2CC)C(O)O1. The number of phenols is 2. The van der Waals surface area contributed by atoms with Crippen molar-refractivity contribution in [3.05, 3.63) is 22.8 Å². The number of aliphatic hydroxyl groups is 3. The molecular weight excluding hydrogens is 444 g/mol. The first-order valence-corrected chi connectivity index (χ1v) is 12.0. The minimum absolute atomic E-state index is 0.0606. The molecule has 1 aromatic rings. The van der Waals surface area contributed by atoms with Crippen LogP contribution in [0.15, 0.2) is 6.07 Å². The highest BCUT2D eigenvalue weighted by Crippen LogP contribution is 2.50. The standard InChI is InChI=1S/C25H38O9/c1-6-8-13(17-10-18(27)25(24(31)33-17)19(7-2)34-25)20(28)14-9-15(23(32-5)12(3)4)22(30)16(11-26)21(14)29/h9,12-13,17-19,23-24,26-27,29-31H,6-8,10-11H2,1-5H3. The van der Waals surface area contributed by atoms with E-state index < -0.39 is 54.3 Å². The van der Waals surface area contributed by atoms with Crippen LogP contribution < -0.4 is 0 Å². The summed E-state index contributed by atoms with van der Waals surface area (Å²) in [5, 5.41) is 52.7. The van der Waals surface area contributed by atoms with Crippen LogP contribution in [0.4, 0.5) is 0 Å². The van der Waals surface area contributed by atoms with Crippen molar-refractivity contribution in [2.24, 2.45) is 11.8 Å². The Morgan fingerprint density at radius 1 is 1.24 bits per heavy atom. The first kappa shape index (κ1) is 26.8. The Kier molecular flexibility index (Phi) is 8.27. The highest BCUT2D eigenvalue weighted by Gasteiger charge is 2.68. The number of hydrogen-bond donors (Lipinski definition) is 5. The fraction of sp³-hybridized carbons (Fsp3) is 0.720. The summed E-state index contributed by atoms with van der Waals surface area (Å²) in [6.07, 6.45) is -2.36. The molecule has 2 heterocycles. The van der Waals surface area contributed by atoms with Crippen molar-refractivity contribution < 1.29 is 44.5 Å². The van der Waals surface area contributed by atoms with E-state index in [0.29, 0.717) is 24.8 Å². The van der Waals surface area contributed by atoms with Gasteiger partial charge in [-0.15, -0.1) is 0 Å². The number of benzene rings is 1. The number of Topliss-reactive ketones (excluding diaryl/α,β-unsaturated/α-hetero) is 1. The van der Waals surface area contributed by atoms with Crippen molar-refractivity contribution in [1.82, 2.24) is 0 Å². The number of carbonyl (C=O) groups excluding carboxylic acids is 1. The zero-order valence-electron chi connectivity index (χ0n) is 20.5. The van der Waals surface area contributed by atoms with Crippen molar-refractivity contribution in [2.75, 3.05) is 7.11 Å². The number of carbonyl (C=O) groups is 1. The van der Waals surface area contributed by atoms with Gasteiger partial charge in [-0.1, -0.05) is 34.1 Å². The van der Waals surface area contributed by atoms with Gasteiger partial charge in [-0.25, -0.2) is 0 Å². The maximum Gasteiger partial charge on any atom is 0.189 e. The largest absolute Gasteiger partial charge is 0.507 e. The summed E-state index contributed by atoms with van der Waals surface area (Å²) in [5.74, 6) is -2.12. The fourth-order valence-corrected chi connectivity index (χ4v) is 5.33. The topological polar surface area (TPSA) is 149 Å². The molecule has 0 amide bonds. The molecule has 3 rings (SSSR count). The van der Waals surface area contributed by atoms with Gasteiger partial charge in [0, 0.05) is 25.0 Å². The highest BCUT2D eigenvalue weighted by atomic mass is 16.7. The van der Waals surface area contributed by atoms with Gasteiger partial charge in [0.25, 0.3) is 0 Å². The summed E-state index contributed by atoms with van der Waals surface area (Å²) in [6.45, 7) is 6.89. The summed E-state index contributed by atoms with van der Waals surface area (Å²) in [6, 6.07) is 1.40. The predicted octanol–water partition coefficient (Wildman–Crippen LogP) is 2.55. The van der Waals surface area contributed by atoms with E-state index in [-0.39, 0.29) is 35.3 Å². The number of ketones is 1. The molecule has 2 fully saturated rings. The van der Waals surface area contributed by atoms with Crippen LogP contribution in [-0.4, -0.2) is 68.6 Å². The van der Waals surface area contributed by atoms with Crippen LogP contribution in [0.25, 0.3) is 0 Å². The molecule has 34 heavy (non-hydrogen) atoms. The lowest BCUT2D eigenvalue weighted by atomic mass is 9.80. The van der Waals surface area contributed by atoms with Crippen LogP contribution in [0.2, 0.25) is 0 Å². The number of rotatable bonds is 10. The average molecular weight is 483 g/mol. The van der Waals surface area contributed by atoms with Crippen molar-refractivity contribution in [1.29, 1.82) is 0 Å². The molecule has 0 bridgehead atoms. The van der Waals surface area contributed by atoms with Crippen molar-refractivity contribution in [3.63, 3.8) is 0 Å². The molecule has 0 radical (unpaired) electrons. The minimum atomic E-state index is -1.38. The third-order valence-corrected chi connectivity index (χ3v) is 7.20. The molecule has 9 nitrogen and oxygen atoms in total. The predicted molar refractivity (Wildman–Crippen MR) is 122 cm³/mol. The molecule has 2 saturated heterocycles. The number of aromatic hydroxyl groups is 2. The number of methoxy groups -OCH3 is 1. The number of aliphatic hydroxyl groups excluding tert-OH is 3. The zero-order chi connectivity index (χ0) is 25.4. The molecular formula is C25H38O9. The molecule has 9 heteroatoms. The van der Waals surface area contributed by atoms with Gasteiger partial charge in [0.1, 0.15) is 11.5 Å². The van der Waals surface area contributed by atoms with E-state index >= 15 is 0 Å². The molecule has 5 N–H and O–H groups in total. The van der Waals surface area contributed by atoms with Crippen LogP contribution in [0.1, 0.15) is 81.0 Å². The fourth-order valence-electron chi connectivity index (χ4n) is 5.33. The maximum atomic E-state index is 13.7. The summed E-state index contributed by atoms with van der Waals surface area (Å²) in [7, 11) is 1.48. The maximum absolute atomic E-state index is 13.7. The second-order valence-electron chi connectivity index (χ2n) is 9.65. The van der Waals surface area contributed by atoms with Gasteiger partial charge in [-0.05, 0) is 24.8 Å². The molecule has 0 saturated carbocycles. The smallest absolute Gasteiger partial charge is 0.189 e. The summed E-state index contributed by atoms with van der Waals surface area (Å²) < 4.78 is 16.9. The lowest BCUT2D eigenvalue weighted by Crippen LogP contribution is -2.55. The van der Waals surface area contributed by atoms with Crippen LogP contribution in [-0.2, 0) is 20.8 Å². The Labute approximate surface area is 200 Å². The Hall–Kier alpha value is -1.75. The molecule has 0 aromatic heterocycles. The normalized spacial score (nSPS) is 30.5. The van der Waals surface area contributed by atoms with Crippen molar-refractivity contribution in [3.8, 4) is 11.5 Å². The first-order chi connectivity index (χ1) is 16.1. The van der Waals surface area contributed by atoms with Crippen LogP contribution in [0.5, 0.6) is 11.5 Å². The van der Waals surface area contributed by atoms with Crippen molar-refractivity contribution in [2.45, 2.75) is 96.3 Å². The molecule has 192 valence electrons. The lowest BCUT2D eigenvalue weighted by molar-refractivity contribution is -0.239. The van der Waals surface area contributed by atoms with Crippen LogP contribution >= 0.6 is 0 Å². The van der Waals surface area contributed by atoms with E-state index in [9.17, 15) is 30.3 Å². The van der Waals surface area contributed by atoms with Gasteiger partial charge in [0.05, 0.1) is 42.1 Å². The van der Waals surface area contributed by atoms with Gasteiger partial charge >= 0.3 is 0 Å². The minimum Gasteiger partial charge on any atom is -0.507 e. The van der Waals surface area contributed by atoms with E-state index in [1.807, 2.05) is 27.7 Å². The van der Waals surface area contributed by atoms with Gasteiger partial charge in [0.15, 0.2) is 17.7 Å². The van der Waals surface area contributed by atoms with Crippen LogP contribution in [0.3, 0.4) is 0 Å². The van der Waals surface area contributed by atoms with Gasteiger partial charge in [-0.3, -0.25) is 4.79 Å². The lowest BCUT2D eigenvalue weighted by Gasteiger charge is -2.39. The first-order valence-electron chi connectivity index (χ1n) is 12.0. The Morgan fingerprint density at radius 2 is 1.91 bits per heavy atom. The van der Waals surface area contributed by atoms with E-state index in [1.54, 1.807) is 0 Å². The summed E-state index contributed by atoms with van der Waals surface area (Å²) in [4.78, 5) is 13.7. The third-order valence-electron chi connectivity index (χ3n) is 7.20. The Bertz CT molecular complexity index is 872. The van der Waals surface area contributed by atoms with Gasteiger partial charge < -0.3 is 39.7 Å². The third kappa shape index (κ3) is 4.45. The second-order valence-corrected chi connectivity index (χ2v) is 9.65. The van der Waals surface area contributed by atoms with E-state index in [1.165, 1.54) is 13.2 Å². The quantitative estimate of drug-likeness (QED) is 0.250. The zero-order valence-corrected chi connectivity index (χ0v) is 20.5. The Morgan fingerprint density at radius 3 is 2.38 bits per heavy atom. The van der Waals surface area contributed by atoms with E-state index in [0.717, 1.165) is 0 Å². The Balaban J connectivity index is 1.99. The number of hydrogen-bond acceptors (Lipinski definition) is 9. The second kappa shape index (κ2) is 10.5. The molecule has 2 aliphatic rings. The monoisotopic (exact) mass is 482 g/mol. The van der Waals surface area contributed by atoms with E-state index in [4.69, 9.17) is 14.2 Å².